The Balaban J connectivity index is 2.78. The van der Waals surface area contributed by atoms with Crippen LogP contribution in [0.4, 0.5) is 0 Å². The van der Waals surface area contributed by atoms with Crippen LogP contribution in [0.1, 0.15) is 0 Å². The van der Waals surface area contributed by atoms with E-state index in [1.54, 1.807) is 20.4 Å². The first-order valence-electron chi connectivity index (χ1n) is 2.02. The first-order chi connectivity index (χ1) is 3.41. The molecule has 0 radical (unpaired) electrons. The van der Waals surface area contributed by atoms with Gasteiger partial charge in [-0.25, -0.2) is 5.43 Å². The number of rotatable bonds is 3. The zero-order chi connectivity index (χ0) is 5.54. The lowest BCUT2D eigenvalue weighted by molar-refractivity contribution is 0.334. The average molecular weight is 102 g/mol. The standard InChI is InChI=1S/C4H10N2O/c1-5-6-3-4-7-2/h3-6H,1-2H3/b4-3+. The maximum absolute atomic E-state index is 4.56. The van der Waals surface area contributed by atoms with Crippen molar-refractivity contribution in [3.8, 4) is 0 Å². The van der Waals surface area contributed by atoms with Crippen molar-refractivity contribution in [1.29, 1.82) is 0 Å². The van der Waals surface area contributed by atoms with Crippen molar-refractivity contribution in [3.05, 3.63) is 12.5 Å². The Morgan fingerprint density at radius 1 is 1.57 bits per heavy atom. The fraction of sp³-hybridized carbons (Fsp3) is 0.500. The zero-order valence-electron chi connectivity index (χ0n) is 4.56. The molecule has 3 heteroatoms. The molecule has 0 aromatic rings. The van der Waals surface area contributed by atoms with Crippen molar-refractivity contribution >= 4 is 0 Å². The Labute approximate surface area is 43.3 Å². The summed E-state index contributed by atoms with van der Waals surface area (Å²) in [6, 6.07) is 0. The van der Waals surface area contributed by atoms with E-state index in [0.29, 0.717) is 0 Å². The average Bonchev–Trinajstić information content (AvgIpc) is 1.69. The van der Waals surface area contributed by atoms with Crippen molar-refractivity contribution in [2.24, 2.45) is 0 Å². The summed E-state index contributed by atoms with van der Waals surface area (Å²) in [5.41, 5.74) is 5.38. The van der Waals surface area contributed by atoms with Gasteiger partial charge in [-0.15, -0.1) is 0 Å². The molecule has 0 unspecified atom stereocenters. The van der Waals surface area contributed by atoms with E-state index in [2.05, 4.69) is 15.6 Å². The minimum atomic E-state index is 1.54. The Kier molecular flexibility index (Phi) is 4.77. The predicted octanol–water partition coefficient (Wildman–Crippen LogP) is -0.172. The van der Waals surface area contributed by atoms with Crippen LogP contribution in [0.25, 0.3) is 0 Å². The van der Waals surface area contributed by atoms with Crippen molar-refractivity contribution in [3.63, 3.8) is 0 Å². The molecule has 0 rings (SSSR count). The summed E-state index contributed by atoms with van der Waals surface area (Å²) in [7, 11) is 3.37. The van der Waals surface area contributed by atoms with E-state index >= 15 is 0 Å². The Morgan fingerprint density at radius 2 is 2.29 bits per heavy atom. The SMILES string of the molecule is CNN/C=C/OC. The van der Waals surface area contributed by atoms with Gasteiger partial charge in [0, 0.05) is 13.2 Å². The predicted molar refractivity (Wildman–Crippen MR) is 28.3 cm³/mol. The third-order valence-electron chi connectivity index (χ3n) is 0.432. The number of hydrogen-bond donors (Lipinski definition) is 2. The molecule has 0 aromatic heterocycles. The van der Waals surface area contributed by atoms with Gasteiger partial charge in [0.2, 0.25) is 0 Å². The highest BCUT2D eigenvalue weighted by molar-refractivity contribution is 4.65. The molecule has 0 aliphatic rings. The van der Waals surface area contributed by atoms with E-state index < -0.39 is 0 Å². The third kappa shape index (κ3) is 5.30. The molecule has 0 atom stereocenters. The summed E-state index contributed by atoms with van der Waals surface area (Å²) in [6.07, 6.45) is 3.19. The number of methoxy groups -OCH3 is 1. The number of nitrogens with one attached hydrogen (secondary N) is 2. The molecule has 0 saturated heterocycles. The molecular formula is C4H10N2O. The first-order valence-corrected chi connectivity index (χ1v) is 2.02. The van der Waals surface area contributed by atoms with Crippen molar-refractivity contribution in [2.75, 3.05) is 14.2 Å². The second kappa shape index (κ2) is 5.30. The van der Waals surface area contributed by atoms with Gasteiger partial charge in [-0.1, -0.05) is 0 Å². The van der Waals surface area contributed by atoms with Crippen LogP contribution in [-0.2, 0) is 4.74 Å². The Morgan fingerprint density at radius 3 is 2.71 bits per heavy atom. The van der Waals surface area contributed by atoms with Crippen LogP contribution in [0.3, 0.4) is 0 Å². The maximum atomic E-state index is 4.56. The van der Waals surface area contributed by atoms with E-state index in [0.717, 1.165) is 0 Å². The van der Waals surface area contributed by atoms with E-state index in [9.17, 15) is 0 Å². The lowest BCUT2D eigenvalue weighted by atomic mass is 11.0. The van der Waals surface area contributed by atoms with E-state index in [-0.39, 0.29) is 0 Å². The van der Waals surface area contributed by atoms with Crippen LogP contribution in [0.2, 0.25) is 0 Å². The highest BCUT2D eigenvalue weighted by atomic mass is 16.5. The number of hydrogen-bond acceptors (Lipinski definition) is 3. The van der Waals surface area contributed by atoms with E-state index in [1.807, 2.05) is 0 Å². The molecule has 0 amide bonds. The lowest BCUT2D eigenvalue weighted by Crippen LogP contribution is -2.20. The van der Waals surface area contributed by atoms with Gasteiger partial charge in [0.1, 0.15) is 0 Å². The number of ether oxygens (including phenoxy) is 1. The lowest BCUT2D eigenvalue weighted by Gasteiger charge is -1.91. The highest BCUT2D eigenvalue weighted by Gasteiger charge is 1.60. The second-order valence-corrected chi connectivity index (χ2v) is 0.933. The normalized spacial score (nSPS) is 9.43. The minimum absolute atomic E-state index is 1.54. The third-order valence-corrected chi connectivity index (χ3v) is 0.432. The van der Waals surface area contributed by atoms with Crippen LogP contribution in [0.15, 0.2) is 12.5 Å². The van der Waals surface area contributed by atoms with Gasteiger partial charge in [-0.2, -0.15) is 0 Å². The molecule has 0 fully saturated rings. The highest BCUT2D eigenvalue weighted by Crippen LogP contribution is 1.61. The molecule has 2 N–H and O–H groups in total. The van der Waals surface area contributed by atoms with Crippen LogP contribution < -0.4 is 10.9 Å². The van der Waals surface area contributed by atoms with Crippen LogP contribution in [0, 0.1) is 0 Å². The van der Waals surface area contributed by atoms with Crippen molar-refractivity contribution < 1.29 is 4.74 Å². The fourth-order valence-electron chi connectivity index (χ4n) is 0.185. The Bertz CT molecular complexity index is 53.7. The van der Waals surface area contributed by atoms with Gasteiger partial charge < -0.3 is 10.2 Å². The summed E-state index contributed by atoms with van der Waals surface area (Å²) in [6.45, 7) is 0. The molecule has 0 aliphatic carbocycles. The molecule has 0 bridgehead atoms. The van der Waals surface area contributed by atoms with Gasteiger partial charge in [0.05, 0.1) is 13.4 Å². The molecular weight excluding hydrogens is 92.1 g/mol. The second-order valence-electron chi connectivity index (χ2n) is 0.933. The first kappa shape index (κ1) is 6.30. The molecule has 0 spiro atoms. The van der Waals surface area contributed by atoms with Crippen molar-refractivity contribution in [2.45, 2.75) is 0 Å². The summed E-state index contributed by atoms with van der Waals surface area (Å²) in [4.78, 5) is 0. The monoisotopic (exact) mass is 102 g/mol. The van der Waals surface area contributed by atoms with Gasteiger partial charge in [0.15, 0.2) is 0 Å². The van der Waals surface area contributed by atoms with Crippen LogP contribution >= 0.6 is 0 Å². The Hall–Kier alpha value is -0.700. The molecule has 3 nitrogen and oxygen atoms in total. The minimum Gasteiger partial charge on any atom is -0.503 e. The smallest absolute Gasteiger partial charge is 0.0995 e. The van der Waals surface area contributed by atoms with Crippen molar-refractivity contribution in [1.82, 2.24) is 10.9 Å². The molecule has 7 heavy (non-hydrogen) atoms. The van der Waals surface area contributed by atoms with Crippen LogP contribution in [-0.4, -0.2) is 14.2 Å². The zero-order valence-corrected chi connectivity index (χ0v) is 4.56. The van der Waals surface area contributed by atoms with Gasteiger partial charge in [-0.05, 0) is 0 Å². The maximum Gasteiger partial charge on any atom is 0.0995 e. The van der Waals surface area contributed by atoms with Gasteiger partial charge in [-0.3, -0.25) is 0 Å². The molecule has 0 aliphatic heterocycles. The number of hydrazine groups is 1. The van der Waals surface area contributed by atoms with Crippen LogP contribution in [0.5, 0.6) is 0 Å². The summed E-state index contributed by atoms with van der Waals surface area (Å²) in [5.74, 6) is 0. The largest absolute Gasteiger partial charge is 0.503 e. The topological polar surface area (TPSA) is 33.3 Å². The molecule has 0 heterocycles. The molecule has 42 valence electrons. The molecule has 0 saturated carbocycles. The quantitative estimate of drug-likeness (QED) is 0.383. The summed E-state index contributed by atoms with van der Waals surface area (Å²) >= 11 is 0. The molecule has 0 aromatic carbocycles. The summed E-state index contributed by atoms with van der Waals surface area (Å²) < 4.78 is 4.56. The van der Waals surface area contributed by atoms with Gasteiger partial charge >= 0.3 is 0 Å². The van der Waals surface area contributed by atoms with Gasteiger partial charge in [0.25, 0.3) is 0 Å². The summed E-state index contributed by atoms with van der Waals surface area (Å²) in [5, 5.41) is 0. The fourth-order valence-corrected chi connectivity index (χ4v) is 0.185. The van der Waals surface area contributed by atoms with E-state index in [4.69, 9.17) is 0 Å². The van der Waals surface area contributed by atoms with E-state index in [1.165, 1.54) is 6.26 Å².